The van der Waals surface area contributed by atoms with E-state index in [4.69, 9.17) is 9.84 Å². The fraction of sp³-hybridized carbons (Fsp3) is 0.870. The predicted octanol–water partition coefficient (Wildman–Crippen LogP) is 5.10. The number of nitrogens with zero attached hydrogens (tertiary/aromatic N) is 2. The Labute approximate surface area is 200 Å². The molecule has 0 radical (unpaired) electrons. The maximum absolute atomic E-state index is 13.5. The number of nitrogens with one attached hydrogen (secondary N) is 1. The molecule has 3 aliphatic rings. The summed E-state index contributed by atoms with van der Waals surface area (Å²) in [5.74, 6) is -0.204. The molecule has 0 aromatic rings. The van der Waals surface area contributed by atoms with Crippen LogP contribution in [0.15, 0.2) is 4.99 Å². The molecule has 32 heavy (non-hydrogen) atoms. The van der Waals surface area contributed by atoms with Gasteiger partial charge in [0.2, 0.25) is 0 Å². The van der Waals surface area contributed by atoms with Crippen LogP contribution in [-0.4, -0.2) is 68.8 Å². The van der Waals surface area contributed by atoms with Gasteiger partial charge in [0.05, 0.1) is 23.7 Å². The fourth-order valence-electron chi connectivity index (χ4n) is 4.89. The molecule has 1 atom stereocenters. The van der Waals surface area contributed by atoms with Crippen molar-refractivity contribution in [3.63, 3.8) is 0 Å². The molecule has 182 valence electrons. The summed E-state index contributed by atoms with van der Waals surface area (Å²) in [5, 5.41) is 12.6. The van der Waals surface area contributed by atoms with Gasteiger partial charge in [0.25, 0.3) is 0 Å². The maximum atomic E-state index is 13.5. The number of amides is 2. The molecule has 2 amide bonds. The third-order valence-corrected chi connectivity index (χ3v) is 9.03. The fourth-order valence-corrected chi connectivity index (χ4v) is 7.15. The molecule has 1 heterocycles. The first-order valence-corrected chi connectivity index (χ1v) is 14.2. The summed E-state index contributed by atoms with van der Waals surface area (Å²) >= 11 is 3.16. The van der Waals surface area contributed by atoms with Gasteiger partial charge in [-0.05, 0) is 44.9 Å². The van der Waals surface area contributed by atoms with Crippen molar-refractivity contribution in [1.29, 1.82) is 0 Å². The van der Waals surface area contributed by atoms with Gasteiger partial charge in [-0.25, -0.2) is 4.79 Å². The number of carboxylic acid groups (broad SMARTS) is 1. The second-order valence-electron chi connectivity index (χ2n) is 8.99. The van der Waals surface area contributed by atoms with E-state index >= 15 is 0 Å². The second kappa shape index (κ2) is 13.7. The van der Waals surface area contributed by atoms with Crippen molar-refractivity contribution >= 4 is 40.7 Å². The van der Waals surface area contributed by atoms with Gasteiger partial charge >= 0.3 is 12.0 Å². The number of aliphatic imine (C=N–C) groups is 1. The van der Waals surface area contributed by atoms with E-state index < -0.39 is 5.97 Å². The molecule has 0 spiro atoms. The van der Waals surface area contributed by atoms with Crippen LogP contribution in [-0.2, 0) is 9.53 Å². The van der Waals surface area contributed by atoms with Crippen LogP contribution in [0.25, 0.3) is 0 Å². The zero-order chi connectivity index (χ0) is 22.8. The zero-order valence-electron chi connectivity index (χ0n) is 19.3. The van der Waals surface area contributed by atoms with E-state index in [1.54, 1.807) is 23.5 Å². The standard InChI is InChI=1S/C23H39N3O4S2/c1-2-14-30-19-11-9-18(10-12-19)26(17-7-5-3-4-6-8-17)23(29)25-22-24-16-21(32-22)31-15-13-20(27)28/h17-19,21H,2-16H2,1H3,(H,27,28)(H,24,25,29). The van der Waals surface area contributed by atoms with Gasteiger partial charge in [0.15, 0.2) is 5.17 Å². The minimum atomic E-state index is -0.774. The summed E-state index contributed by atoms with van der Waals surface area (Å²) in [4.78, 5) is 30.9. The number of thioether (sulfide) groups is 2. The summed E-state index contributed by atoms with van der Waals surface area (Å²) < 4.78 is 6.15. The van der Waals surface area contributed by atoms with Crippen LogP contribution in [0.2, 0.25) is 0 Å². The van der Waals surface area contributed by atoms with Gasteiger partial charge in [-0.15, -0.1) is 11.8 Å². The molecule has 0 bridgehead atoms. The smallest absolute Gasteiger partial charge is 0.323 e. The molecule has 2 saturated carbocycles. The average Bonchev–Trinajstić information content (AvgIpc) is 3.04. The largest absolute Gasteiger partial charge is 0.481 e. The van der Waals surface area contributed by atoms with Gasteiger partial charge in [-0.2, -0.15) is 0 Å². The molecular weight excluding hydrogens is 446 g/mol. The highest BCUT2D eigenvalue weighted by atomic mass is 32.2. The molecular formula is C23H39N3O4S2. The summed E-state index contributed by atoms with van der Waals surface area (Å²) in [6.45, 7) is 3.58. The lowest BCUT2D eigenvalue weighted by Gasteiger charge is -2.41. The molecule has 0 aromatic carbocycles. The molecule has 2 aliphatic carbocycles. The normalized spacial score (nSPS) is 26.9. The van der Waals surface area contributed by atoms with Gasteiger partial charge < -0.3 is 14.7 Å². The van der Waals surface area contributed by atoms with Crippen LogP contribution in [0.4, 0.5) is 4.79 Å². The van der Waals surface area contributed by atoms with Crippen molar-refractivity contribution in [2.75, 3.05) is 18.9 Å². The number of aliphatic carboxylic acids is 1. The number of hydrogen-bond donors (Lipinski definition) is 2. The summed E-state index contributed by atoms with van der Waals surface area (Å²) in [6, 6.07) is 0.577. The molecule has 0 aromatic heterocycles. The number of amidine groups is 1. The van der Waals surface area contributed by atoms with E-state index in [2.05, 4.69) is 22.1 Å². The van der Waals surface area contributed by atoms with Crippen LogP contribution in [0.5, 0.6) is 0 Å². The van der Waals surface area contributed by atoms with Crippen LogP contribution < -0.4 is 5.32 Å². The predicted molar refractivity (Wildman–Crippen MR) is 133 cm³/mol. The molecule has 1 aliphatic heterocycles. The van der Waals surface area contributed by atoms with Crippen LogP contribution in [0.3, 0.4) is 0 Å². The maximum Gasteiger partial charge on any atom is 0.323 e. The first-order valence-electron chi connectivity index (χ1n) is 12.3. The van der Waals surface area contributed by atoms with E-state index in [1.807, 2.05) is 0 Å². The van der Waals surface area contributed by atoms with E-state index in [-0.39, 0.29) is 23.1 Å². The first kappa shape index (κ1) is 25.7. The lowest BCUT2D eigenvalue weighted by molar-refractivity contribution is -0.136. The summed E-state index contributed by atoms with van der Waals surface area (Å²) in [6.07, 6.45) is 12.7. The van der Waals surface area contributed by atoms with Crippen molar-refractivity contribution in [2.45, 2.75) is 107 Å². The molecule has 2 N–H and O–H groups in total. The second-order valence-corrected chi connectivity index (χ2v) is 11.8. The topological polar surface area (TPSA) is 91.2 Å². The van der Waals surface area contributed by atoms with Gasteiger partial charge in [-0.3, -0.25) is 15.1 Å². The Balaban J connectivity index is 1.56. The summed E-state index contributed by atoms with van der Waals surface area (Å²) in [7, 11) is 0. The van der Waals surface area contributed by atoms with Crippen molar-refractivity contribution in [2.24, 2.45) is 4.99 Å². The van der Waals surface area contributed by atoms with E-state index in [1.165, 1.54) is 25.7 Å². The number of rotatable bonds is 9. The SMILES string of the molecule is CCCOC1CCC(N(C(=O)NC2=NCC(SCCC(=O)O)S2)C2CCCCCC2)CC1. The van der Waals surface area contributed by atoms with Crippen LogP contribution in [0, 0.1) is 0 Å². The van der Waals surface area contributed by atoms with E-state index in [9.17, 15) is 9.59 Å². The van der Waals surface area contributed by atoms with Crippen LogP contribution in [0.1, 0.15) is 84.0 Å². The number of urea groups is 1. The number of hydrogen-bond acceptors (Lipinski definition) is 6. The number of carbonyl (C=O) groups excluding carboxylic acids is 1. The first-order chi connectivity index (χ1) is 15.6. The zero-order valence-corrected chi connectivity index (χ0v) is 20.9. The highest BCUT2D eigenvalue weighted by molar-refractivity contribution is 8.25. The number of carboxylic acids is 1. The Kier molecular flexibility index (Phi) is 11.0. The molecule has 3 rings (SSSR count). The quantitative estimate of drug-likeness (QED) is 0.442. The molecule has 0 saturated heterocycles. The Bertz CT molecular complexity index is 633. The number of ether oxygens (including phenoxy) is 1. The van der Waals surface area contributed by atoms with Gasteiger partial charge in [0.1, 0.15) is 0 Å². The Morgan fingerprint density at radius 3 is 2.47 bits per heavy atom. The van der Waals surface area contributed by atoms with Crippen molar-refractivity contribution in [3.8, 4) is 0 Å². The van der Waals surface area contributed by atoms with Crippen molar-refractivity contribution in [1.82, 2.24) is 10.2 Å². The molecule has 2 fully saturated rings. The summed E-state index contributed by atoms with van der Waals surface area (Å²) in [5.41, 5.74) is 0. The lowest BCUT2D eigenvalue weighted by Crippen LogP contribution is -2.53. The van der Waals surface area contributed by atoms with Crippen LogP contribution >= 0.6 is 23.5 Å². The van der Waals surface area contributed by atoms with Gasteiger partial charge in [0, 0.05) is 24.4 Å². The molecule has 9 heteroatoms. The highest BCUT2D eigenvalue weighted by Gasteiger charge is 2.35. The monoisotopic (exact) mass is 485 g/mol. The highest BCUT2D eigenvalue weighted by Crippen LogP contribution is 2.33. The third-order valence-electron chi connectivity index (χ3n) is 6.51. The third kappa shape index (κ3) is 8.13. The Hall–Kier alpha value is -0.930. The van der Waals surface area contributed by atoms with E-state index in [0.29, 0.717) is 29.6 Å². The Morgan fingerprint density at radius 2 is 1.81 bits per heavy atom. The lowest BCUT2D eigenvalue weighted by atomic mass is 9.90. The Morgan fingerprint density at radius 1 is 1.12 bits per heavy atom. The molecule has 1 unspecified atom stereocenters. The van der Waals surface area contributed by atoms with Crippen molar-refractivity contribution in [3.05, 3.63) is 0 Å². The van der Waals surface area contributed by atoms with E-state index in [0.717, 1.165) is 51.6 Å². The number of carbonyl (C=O) groups is 2. The minimum absolute atomic E-state index is 0.00253. The minimum Gasteiger partial charge on any atom is -0.481 e. The average molecular weight is 486 g/mol. The molecule has 7 nitrogen and oxygen atoms in total. The van der Waals surface area contributed by atoms with Gasteiger partial charge in [-0.1, -0.05) is 44.4 Å². The van der Waals surface area contributed by atoms with Crippen molar-refractivity contribution < 1.29 is 19.4 Å².